The summed E-state index contributed by atoms with van der Waals surface area (Å²) >= 11 is 5.42. The second-order valence-corrected chi connectivity index (χ2v) is 14.0. The average molecular weight is 625 g/mol. The predicted octanol–water partition coefficient (Wildman–Crippen LogP) is 4.20. The molecule has 0 aliphatic carbocycles. The molecule has 3 N–H and O–H groups in total. The number of carbonyl (C=O) groups is 3. The van der Waals surface area contributed by atoms with Gasteiger partial charge >= 0.3 is 0 Å². The lowest BCUT2D eigenvalue weighted by Gasteiger charge is -2.37. The van der Waals surface area contributed by atoms with Crippen LogP contribution in [0.15, 0.2) is 24.3 Å². The number of anilines is 1. The van der Waals surface area contributed by atoms with Crippen molar-refractivity contribution in [3.63, 3.8) is 0 Å². The fourth-order valence-corrected chi connectivity index (χ4v) is 10.2. The van der Waals surface area contributed by atoms with Gasteiger partial charge in [-0.05, 0) is 56.4 Å². The van der Waals surface area contributed by atoms with Crippen LogP contribution >= 0.6 is 27.7 Å². The monoisotopic (exact) mass is 623 g/mol. The van der Waals surface area contributed by atoms with Gasteiger partial charge in [0, 0.05) is 22.3 Å². The van der Waals surface area contributed by atoms with E-state index in [0.717, 1.165) is 25.0 Å². The van der Waals surface area contributed by atoms with Crippen molar-refractivity contribution in [2.75, 3.05) is 25.1 Å². The van der Waals surface area contributed by atoms with Crippen molar-refractivity contribution in [3.05, 3.63) is 24.3 Å². The van der Waals surface area contributed by atoms with Crippen molar-refractivity contribution in [3.8, 4) is 5.75 Å². The number of halogens is 1. The van der Waals surface area contributed by atoms with E-state index in [9.17, 15) is 19.5 Å². The number of rotatable bonds is 13. The number of alkyl halides is 1. The Balaban J connectivity index is 1.65. The number of aliphatic hydroxyl groups excluding tert-OH is 1. The summed E-state index contributed by atoms with van der Waals surface area (Å²) in [5.41, 5.74) is 0.636. The number of hydrogen-bond donors (Lipinski definition) is 3. The zero-order valence-corrected chi connectivity index (χ0v) is 25.7. The highest BCUT2D eigenvalue weighted by Crippen LogP contribution is 2.68. The summed E-state index contributed by atoms with van der Waals surface area (Å²) in [6.45, 7) is 9.00. The Hall–Kier alpha value is -1.78. The first-order valence-corrected chi connectivity index (χ1v) is 16.0. The topological polar surface area (TPSA) is 108 Å². The van der Waals surface area contributed by atoms with Crippen LogP contribution in [0, 0.1) is 17.8 Å². The molecule has 3 aliphatic rings. The van der Waals surface area contributed by atoms with E-state index in [1.165, 1.54) is 0 Å². The maximum atomic E-state index is 14.2. The molecule has 0 saturated carbocycles. The van der Waals surface area contributed by atoms with Gasteiger partial charge in [0.2, 0.25) is 17.7 Å². The van der Waals surface area contributed by atoms with Crippen LogP contribution < -0.4 is 15.4 Å². The Morgan fingerprint density at radius 3 is 2.54 bits per heavy atom. The SMILES string of the molecule is CCCCCNC(=O)C1N([C@@H](CO)CC(C)C)C(=O)[C@@H]2[C@H](C(=O)Nc3ccc(OCC)cc3)[C@H]3SC12CC3Br. The van der Waals surface area contributed by atoms with Crippen LogP contribution in [0.25, 0.3) is 0 Å². The van der Waals surface area contributed by atoms with Gasteiger partial charge in [0.1, 0.15) is 11.8 Å². The van der Waals surface area contributed by atoms with Gasteiger partial charge in [0.05, 0.1) is 35.8 Å². The van der Waals surface area contributed by atoms with Gasteiger partial charge in [0.25, 0.3) is 0 Å². The molecular weight excluding hydrogens is 582 g/mol. The summed E-state index contributed by atoms with van der Waals surface area (Å²) in [6, 6.07) is 6.00. The van der Waals surface area contributed by atoms with Crippen molar-refractivity contribution in [1.82, 2.24) is 10.2 Å². The van der Waals surface area contributed by atoms with E-state index < -0.39 is 28.7 Å². The summed E-state index contributed by atoms with van der Waals surface area (Å²) in [6.07, 6.45) is 4.14. The molecular formula is C29H42BrN3O5S. The number of thioether (sulfide) groups is 1. The predicted molar refractivity (Wildman–Crippen MR) is 158 cm³/mol. The molecule has 1 spiro atoms. The third kappa shape index (κ3) is 5.84. The number of unbranched alkanes of at least 4 members (excludes halogenated alkanes) is 2. The molecule has 2 bridgehead atoms. The van der Waals surface area contributed by atoms with Crippen molar-refractivity contribution >= 4 is 51.1 Å². The summed E-state index contributed by atoms with van der Waals surface area (Å²) < 4.78 is 4.78. The maximum Gasteiger partial charge on any atom is 0.244 e. The van der Waals surface area contributed by atoms with Crippen LogP contribution in [-0.4, -0.2) is 74.4 Å². The molecule has 4 rings (SSSR count). The second kappa shape index (κ2) is 12.8. The second-order valence-electron chi connectivity index (χ2n) is 11.3. The number of ether oxygens (including phenoxy) is 1. The fraction of sp³-hybridized carbons (Fsp3) is 0.690. The van der Waals surface area contributed by atoms with Gasteiger partial charge in [-0.25, -0.2) is 0 Å². The van der Waals surface area contributed by atoms with E-state index >= 15 is 0 Å². The van der Waals surface area contributed by atoms with Crippen LogP contribution in [0.3, 0.4) is 0 Å². The van der Waals surface area contributed by atoms with Gasteiger partial charge in [-0.2, -0.15) is 0 Å². The van der Waals surface area contributed by atoms with Crippen LogP contribution in [0.1, 0.15) is 59.8 Å². The van der Waals surface area contributed by atoms with E-state index in [1.807, 2.05) is 32.9 Å². The van der Waals surface area contributed by atoms with E-state index in [0.29, 0.717) is 31.7 Å². The van der Waals surface area contributed by atoms with Gasteiger partial charge < -0.3 is 25.4 Å². The molecule has 0 radical (unpaired) electrons. The summed E-state index contributed by atoms with van der Waals surface area (Å²) in [5, 5.41) is 16.4. The number of amides is 3. The average Bonchev–Trinajstić information content (AvgIpc) is 3.49. The van der Waals surface area contributed by atoms with Gasteiger partial charge in [0.15, 0.2) is 0 Å². The number of nitrogens with one attached hydrogen (secondary N) is 2. The van der Waals surface area contributed by atoms with Crippen molar-refractivity contribution in [2.45, 2.75) is 86.7 Å². The minimum absolute atomic E-state index is 0.00403. The number of aliphatic hydroxyl groups is 1. The van der Waals surface area contributed by atoms with E-state index in [4.69, 9.17) is 4.74 Å². The molecule has 1 aromatic carbocycles. The Bertz CT molecular complexity index is 1040. The lowest BCUT2D eigenvalue weighted by molar-refractivity contribution is -0.142. The highest BCUT2D eigenvalue weighted by atomic mass is 79.9. The first-order chi connectivity index (χ1) is 18.7. The molecule has 216 valence electrons. The molecule has 8 nitrogen and oxygen atoms in total. The van der Waals surface area contributed by atoms with Crippen molar-refractivity contribution < 1.29 is 24.2 Å². The summed E-state index contributed by atoms with van der Waals surface area (Å²) in [4.78, 5) is 43.5. The maximum absolute atomic E-state index is 14.2. The van der Waals surface area contributed by atoms with Gasteiger partial charge in [-0.15, -0.1) is 11.8 Å². The standard InChI is InChI=1S/C29H42BrN3O5S/c1-5-7-8-13-31-27(36)25-29-15-21(30)24(39-29)22(23(29)28(37)33(25)19(16-34)14-17(3)4)26(35)32-18-9-11-20(12-10-18)38-6-2/h9-12,17,19,21-25,34H,5-8,13-16H2,1-4H3,(H,31,36)(H,32,35)/t19-,21?,22+,23+,24+,25?,29?/m1/s1. The Kier molecular flexibility index (Phi) is 9.92. The number of nitrogens with zero attached hydrogens (tertiary/aromatic N) is 1. The molecule has 0 aromatic heterocycles. The number of carbonyl (C=O) groups excluding carboxylic acids is 3. The quantitative estimate of drug-likeness (QED) is 0.224. The number of fused-ring (bicyclic) bond motifs is 1. The van der Waals surface area contributed by atoms with E-state index in [-0.39, 0.29) is 40.3 Å². The van der Waals surface area contributed by atoms with E-state index in [1.54, 1.807) is 28.8 Å². The molecule has 3 fully saturated rings. The third-order valence-electron chi connectivity index (χ3n) is 8.14. The minimum Gasteiger partial charge on any atom is -0.494 e. The van der Waals surface area contributed by atoms with Crippen LogP contribution in [-0.2, 0) is 14.4 Å². The number of likely N-dealkylation sites (tertiary alicyclic amines) is 1. The van der Waals surface area contributed by atoms with E-state index in [2.05, 4.69) is 33.5 Å². The Morgan fingerprint density at radius 1 is 1.21 bits per heavy atom. The molecule has 3 saturated heterocycles. The molecule has 1 aromatic rings. The smallest absolute Gasteiger partial charge is 0.244 e. The zero-order valence-electron chi connectivity index (χ0n) is 23.3. The normalized spacial score (nSPS) is 30.0. The highest BCUT2D eigenvalue weighted by Gasteiger charge is 2.76. The lowest BCUT2D eigenvalue weighted by Crippen LogP contribution is -2.57. The minimum atomic E-state index is -0.731. The summed E-state index contributed by atoms with van der Waals surface area (Å²) in [5.74, 6) is -0.848. The fourth-order valence-electron chi connectivity index (χ4n) is 6.59. The van der Waals surface area contributed by atoms with Crippen LogP contribution in [0.5, 0.6) is 5.75 Å². The largest absolute Gasteiger partial charge is 0.494 e. The zero-order chi connectivity index (χ0) is 28.3. The number of hydrogen-bond acceptors (Lipinski definition) is 6. The Labute approximate surface area is 244 Å². The van der Waals surface area contributed by atoms with Gasteiger partial charge in [-0.1, -0.05) is 49.5 Å². The molecule has 3 aliphatic heterocycles. The van der Waals surface area contributed by atoms with Crippen molar-refractivity contribution in [2.24, 2.45) is 17.8 Å². The molecule has 3 unspecified atom stereocenters. The highest BCUT2D eigenvalue weighted by molar-refractivity contribution is 9.09. The number of benzene rings is 1. The first kappa shape index (κ1) is 30.2. The Morgan fingerprint density at radius 2 is 1.92 bits per heavy atom. The molecule has 39 heavy (non-hydrogen) atoms. The molecule has 3 amide bonds. The third-order valence-corrected chi connectivity index (χ3v) is 11.4. The van der Waals surface area contributed by atoms with Crippen LogP contribution in [0.2, 0.25) is 0 Å². The van der Waals surface area contributed by atoms with Crippen LogP contribution in [0.4, 0.5) is 5.69 Å². The lowest BCUT2D eigenvalue weighted by atomic mass is 9.70. The molecule has 7 atom stereocenters. The van der Waals surface area contributed by atoms with Crippen molar-refractivity contribution in [1.29, 1.82) is 0 Å². The first-order valence-electron chi connectivity index (χ1n) is 14.2. The summed E-state index contributed by atoms with van der Waals surface area (Å²) in [7, 11) is 0. The molecule has 10 heteroatoms. The van der Waals surface area contributed by atoms with Gasteiger partial charge in [-0.3, -0.25) is 14.4 Å². The molecule has 3 heterocycles.